The van der Waals surface area contributed by atoms with E-state index in [9.17, 15) is 13.2 Å². The van der Waals surface area contributed by atoms with Crippen molar-refractivity contribution in [2.24, 2.45) is 0 Å². The topological polar surface area (TPSA) is 53.5 Å². The van der Waals surface area contributed by atoms with E-state index in [0.29, 0.717) is 24.9 Å². The van der Waals surface area contributed by atoms with Crippen LogP contribution >= 0.6 is 0 Å². The van der Waals surface area contributed by atoms with Gasteiger partial charge in [0, 0.05) is 50.2 Å². The second-order valence-corrected chi connectivity index (χ2v) is 9.86. The van der Waals surface area contributed by atoms with E-state index in [1.165, 1.54) is 17.3 Å². The minimum Gasteiger partial charge on any atom is -0.489 e. The van der Waals surface area contributed by atoms with E-state index in [0.717, 1.165) is 62.5 Å². The normalized spacial score (nSPS) is 20.5. The first-order valence-electron chi connectivity index (χ1n) is 12.8. The molecule has 0 spiro atoms. The van der Waals surface area contributed by atoms with Crippen LogP contribution in [0.5, 0.6) is 5.75 Å². The minimum atomic E-state index is -4.37. The average molecular weight is 512 g/mol. The van der Waals surface area contributed by atoms with Crippen LogP contribution in [-0.4, -0.2) is 48.3 Å². The standard InChI is InChI=1S/C28H32F3N5O/c1-20-2-5-22(6-3-20)34-23-7-9-25(10-8-23)37-26-16-24(18-32-19-26)35-12-14-36(15-13-35)27-11-4-21(17-33-27)28(29,30)31/h2-6,11,16-19,23,25,34H,7-10,12-15H2,1H3. The van der Waals surface area contributed by atoms with E-state index in [2.05, 4.69) is 51.4 Å². The van der Waals surface area contributed by atoms with Gasteiger partial charge in [-0.2, -0.15) is 13.2 Å². The van der Waals surface area contributed by atoms with Crippen molar-refractivity contribution in [3.8, 4) is 5.75 Å². The third-order valence-electron chi connectivity index (χ3n) is 7.14. The molecule has 0 bridgehead atoms. The summed E-state index contributed by atoms with van der Waals surface area (Å²) in [7, 11) is 0. The number of nitrogens with one attached hydrogen (secondary N) is 1. The Morgan fingerprint density at radius 2 is 1.57 bits per heavy atom. The van der Waals surface area contributed by atoms with Gasteiger partial charge < -0.3 is 19.9 Å². The van der Waals surface area contributed by atoms with Crippen molar-refractivity contribution in [1.82, 2.24) is 9.97 Å². The highest BCUT2D eigenvalue weighted by Gasteiger charge is 2.31. The zero-order valence-electron chi connectivity index (χ0n) is 20.9. The van der Waals surface area contributed by atoms with E-state index in [-0.39, 0.29) is 6.10 Å². The SMILES string of the molecule is Cc1ccc(NC2CCC(Oc3cncc(N4CCN(c5ccc(C(F)(F)F)cn5)CC4)c3)CC2)cc1. The van der Waals surface area contributed by atoms with Crippen LogP contribution in [0.2, 0.25) is 0 Å². The fourth-order valence-corrected chi connectivity index (χ4v) is 4.98. The molecular formula is C28H32F3N5O. The third kappa shape index (κ3) is 6.45. The Bertz CT molecular complexity index is 1150. The number of rotatable bonds is 6. The number of pyridine rings is 2. The molecule has 9 heteroatoms. The number of ether oxygens (including phenoxy) is 1. The summed E-state index contributed by atoms with van der Waals surface area (Å²) in [5, 5.41) is 3.64. The summed E-state index contributed by atoms with van der Waals surface area (Å²) in [6.45, 7) is 4.88. The van der Waals surface area contributed by atoms with Crippen LogP contribution in [0.4, 0.5) is 30.4 Å². The molecule has 0 atom stereocenters. The molecule has 0 radical (unpaired) electrons. The number of aromatic nitrogens is 2. The molecule has 1 N–H and O–H groups in total. The molecule has 37 heavy (non-hydrogen) atoms. The molecule has 196 valence electrons. The van der Waals surface area contributed by atoms with Crippen molar-refractivity contribution in [2.45, 2.75) is 50.9 Å². The summed E-state index contributed by atoms with van der Waals surface area (Å²) in [6, 6.07) is 13.6. The maximum Gasteiger partial charge on any atom is 0.417 e. The monoisotopic (exact) mass is 511 g/mol. The Labute approximate surface area is 215 Å². The van der Waals surface area contributed by atoms with Crippen molar-refractivity contribution in [3.63, 3.8) is 0 Å². The molecular weight excluding hydrogens is 479 g/mol. The number of alkyl halides is 3. The fraction of sp³-hybridized carbons (Fsp3) is 0.429. The largest absolute Gasteiger partial charge is 0.489 e. The fourth-order valence-electron chi connectivity index (χ4n) is 4.98. The summed E-state index contributed by atoms with van der Waals surface area (Å²) in [5.74, 6) is 1.34. The van der Waals surface area contributed by atoms with Gasteiger partial charge >= 0.3 is 6.18 Å². The molecule has 1 saturated carbocycles. The molecule has 1 aliphatic carbocycles. The molecule has 2 aromatic heterocycles. The van der Waals surface area contributed by atoms with Crippen molar-refractivity contribution in [3.05, 3.63) is 72.2 Å². The van der Waals surface area contributed by atoms with Gasteiger partial charge in [0.1, 0.15) is 11.6 Å². The Hall–Kier alpha value is -3.49. The number of hydrogen-bond acceptors (Lipinski definition) is 6. The lowest BCUT2D eigenvalue weighted by Crippen LogP contribution is -2.46. The van der Waals surface area contributed by atoms with Gasteiger partial charge in [0.25, 0.3) is 0 Å². The molecule has 1 aromatic carbocycles. The predicted octanol–water partition coefficient (Wildman–Crippen LogP) is 5.93. The molecule has 3 heterocycles. The Morgan fingerprint density at radius 3 is 2.22 bits per heavy atom. The third-order valence-corrected chi connectivity index (χ3v) is 7.14. The van der Waals surface area contributed by atoms with Crippen LogP contribution in [0.15, 0.2) is 61.1 Å². The maximum absolute atomic E-state index is 12.8. The number of nitrogens with zero attached hydrogens (tertiary/aromatic N) is 4. The number of benzene rings is 1. The van der Waals surface area contributed by atoms with E-state index in [1.807, 2.05) is 17.2 Å². The van der Waals surface area contributed by atoms with Gasteiger partial charge in [-0.1, -0.05) is 17.7 Å². The van der Waals surface area contributed by atoms with Crippen LogP contribution < -0.4 is 19.9 Å². The second kappa shape index (κ2) is 10.9. The van der Waals surface area contributed by atoms with E-state index >= 15 is 0 Å². The van der Waals surface area contributed by atoms with Crippen LogP contribution in [0.1, 0.15) is 36.8 Å². The highest BCUT2D eigenvalue weighted by molar-refractivity contribution is 5.51. The predicted molar refractivity (Wildman–Crippen MR) is 139 cm³/mol. The zero-order valence-corrected chi connectivity index (χ0v) is 20.9. The lowest BCUT2D eigenvalue weighted by Gasteiger charge is -2.36. The summed E-state index contributed by atoms with van der Waals surface area (Å²) in [6.07, 6.45) is 4.41. The lowest BCUT2D eigenvalue weighted by atomic mass is 9.92. The Balaban J connectivity index is 1.10. The molecule has 0 unspecified atom stereocenters. The second-order valence-electron chi connectivity index (χ2n) is 9.86. The van der Waals surface area contributed by atoms with Crippen molar-refractivity contribution in [1.29, 1.82) is 0 Å². The summed E-state index contributed by atoms with van der Waals surface area (Å²) in [5.41, 5.74) is 2.69. The van der Waals surface area contributed by atoms with Gasteiger partial charge in [-0.15, -0.1) is 0 Å². The molecule has 3 aromatic rings. The van der Waals surface area contributed by atoms with E-state index < -0.39 is 11.7 Å². The molecule has 2 fully saturated rings. The quantitative estimate of drug-likeness (QED) is 0.443. The summed E-state index contributed by atoms with van der Waals surface area (Å²) < 4.78 is 44.7. The van der Waals surface area contributed by atoms with Gasteiger partial charge in [-0.3, -0.25) is 4.98 Å². The van der Waals surface area contributed by atoms with Crippen LogP contribution in [0, 0.1) is 6.92 Å². The zero-order chi connectivity index (χ0) is 25.8. The molecule has 1 aliphatic heterocycles. The molecule has 5 rings (SSSR count). The summed E-state index contributed by atoms with van der Waals surface area (Å²) >= 11 is 0. The number of anilines is 3. The van der Waals surface area contributed by atoms with E-state index in [4.69, 9.17) is 4.74 Å². The summed E-state index contributed by atoms with van der Waals surface area (Å²) in [4.78, 5) is 12.7. The first-order valence-corrected chi connectivity index (χ1v) is 12.8. The molecule has 0 amide bonds. The highest BCUT2D eigenvalue weighted by Crippen LogP contribution is 2.31. The number of piperazine rings is 1. The van der Waals surface area contributed by atoms with Crippen LogP contribution in [0.25, 0.3) is 0 Å². The van der Waals surface area contributed by atoms with Crippen molar-refractivity contribution >= 4 is 17.2 Å². The van der Waals surface area contributed by atoms with Gasteiger partial charge in [0.2, 0.25) is 0 Å². The Morgan fingerprint density at radius 1 is 0.865 bits per heavy atom. The molecule has 1 saturated heterocycles. The minimum absolute atomic E-state index is 0.177. The van der Waals surface area contributed by atoms with Gasteiger partial charge in [0.05, 0.1) is 29.7 Å². The van der Waals surface area contributed by atoms with Gasteiger partial charge in [-0.25, -0.2) is 4.98 Å². The van der Waals surface area contributed by atoms with Crippen LogP contribution in [-0.2, 0) is 6.18 Å². The van der Waals surface area contributed by atoms with Crippen LogP contribution in [0.3, 0.4) is 0 Å². The highest BCUT2D eigenvalue weighted by atomic mass is 19.4. The van der Waals surface area contributed by atoms with Crippen molar-refractivity contribution < 1.29 is 17.9 Å². The lowest BCUT2D eigenvalue weighted by molar-refractivity contribution is -0.137. The van der Waals surface area contributed by atoms with Crippen molar-refractivity contribution in [2.75, 3.05) is 41.3 Å². The first-order chi connectivity index (χ1) is 17.8. The van der Waals surface area contributed by atoms with E-state index in [1.54, 1.807) is 6.20 Å². The maximum atomic E-state index is 12.8. The van der Waals surface area contributed by atoms with Gasteiger partial charge in [-0.05, 0) is 56.9 Å². The first kappa shape index (κ1) is 25.2. The number of hydrogen-bond donors (Lipinski definition) is 1. The molecule has 6 nitrogen and oxygen atoms in total. The Kier molecular flexibility index (Phi) is 7.39. The molecule has 2 aliphatic rings. The average Bonchev–Trinajstić information content (AvgIpc) is 2.91. The number of halogens is 3. The number of aryl methyl sites for hydroxylation is 1. The van der Waals surface area contributed by atoms with Gasteiger partial charge in [0.15, 0.2) is 0 Å². The smallest absolute Gasteiger partial charge is 0.417 e.